The van der Waals surface area contributed by atoms with Crippen LogP contribution in [-0.2, 0) is 0 Å². The van der Waals surface area contributed by atoms with Gasteiger partial charge in [0.25, 0.3) is 0 Å². The molecule has 0 unspecified atom stereocenters. The summed E-state index contributed by atoms with van der Waals surface area (Å²) in [5, 5.41) is 3.36. The summed E-state index contributed by atoms with van der Waals surface area (Å²) in [6.07, 6.45) is 1.28. The summed E-state index contributed by atoms with van der Waals surface area (Å²) >= 11 is 2.40. The van der Waals surface area contributed by atoms with E-state index < -0.39 is 0 Å². The molecule has 1 aliphatic heterocycles. The van der Waals surface area contributed by atoms with Crippen LogP contribution in [0.2, 0.25) is 0 Å². The van der Waals surface area contributed by atoms with E-state index in [1.165, 1.54) is 19.5 Å². The minimum Gasteiger partial charge on any atom is -0.315 e. The number of hydrogen-bond acceptors (Lipinski definition) is 2. The zero-order valence-corrected chi connectivity index (χ0v) is 7.89. The maximum Gasteiger partial charge on any atom is 0.0209 e. The molecule has 0 radical (unpaired) electrons. The molecular formula is C6H13IN2. The third-order valence-corrected chi connectivity index (χ3v) is 3.15. The molecule has 3 heteroatoms. The van der Waals surface area contributed by atoms with Gasteiger partial charge in [0.2, 0.25) is 0 Å². The van der Waals surface area contributed by atoms with Crippen LogP contribution in [0.3, 0.4) is 0 Å². The van der Waals surface area contributed by atoms with Gasteiger partial charge in [0, 0.05) is 42.0 Å². The normalized spacial score (nSPS) is 32.0. The molecule has 0 spiro atoms. The van der Waals surface area contributed by atoms with Crippen LogP contribution in [0.15, 0.2) is 0 Å². The van der Waals surface area contributed by atoms with Gasteiger partial charge in [-0.2, -0.15) is 0 Å². The van der Waals surface area contributed by atoms with Gasteiger partial charge >= 0.3 is 0 Å². The van der Waals surface area contributed by atoms with Crippen LogP contribution in [0, 0.1) is 0 Å². The zero-order chi connectivity index (χ0) is 6.69. The van der Waals surface area contributed by atoms with Gasteiger partial charge in [-0.25, -0.2) is 3.11 Å². The standard InChI is InChI=1S/C6H13IN2/c1-6-2-3-8-4-5-9(6)7/h6,8H,2-5H2,1H3/t6-/m1/s1. The first-order valence-corrected chi connectivity index (χ1v) is 4.40. The number of halogens is 1. The predicted octanol–water partition coefficient (Wildman–Crippen LogP) is 1.02. The molecule has 0 aromatic rings. The number of hydrogen-bond donors (Lipinski definition) is 1. The summed E-state index contributed by atoms with van der Waals surface area (Å²) in [7, 11) is 0. The largest absolute Gasteiger partial charge is 0.315 e. The van der Waals surface area contributed by atoms with Crippen molar-refractivity contribution in [3.63, 3.8) is 0 Å². The summed E-state index contributed by atoms with van der Waals surface area (Å²) in [5.41, 5.74) is 0. The van der Waals surface area contributed by atoms with Crippen LogP contribution in [0.1, 0.15) is 13.3 Å². The molecule has 54 valence electrons. The van der Waals surface area contributed by atoms with E-state index in [0.29, 0.717) is 0 Å². The Morgan fingerprint density at radius 1 is 1.56 bits per heavy atom. The molecule has 0 aliphatic carbocycles. The fourth-order valence-corrected chi connectivity index (χ4v) is 1.50. The second kappa shape index (κ2) is 3.73. The summed E-state index contributed by atoms with van der Waals surface area (Å²) in [4.78, 5) is 0. The number of rotatable bonds is 0. The van der Waals surface area contributed by atoms with Crippen molar-refractivity contribution in [2.45, 2.75) is 19.4 Å². The fraction of sp³-hybridized carbons (Fsp3) is 1.00. The van der Waals surface area contributed by atoms with E-state index in [1.54, 1.807) is 0 Å². The Hall–Kier alpha value is 0.650. The average Bonchev–Trinajstić information content (AvgIpc) is 1.99. The number of nitrogens with one attached hydrogen (secondary N) is 1. The lowest BCUT2D eigenvalue weighted by molar-refractivity contribution is 0.423. The highest BCUT2D eigenvalue weighted by Crippen LogP contribution is 2.10. The van der Waals surface area contributed by atoms with Crippen molar-refractivity contribution in [3.05, 3.63) is 0 Å². The van der Waals surface area contributed by atoms with E-state index in [9.17, 15) is 0 Å². The van der Waals surface area contributed by atoms with Crippen molar-refractivity contribution in [2.24, 2.45) is 0 Å². The van der Waals surface area contributed by atoms with E-state index in [-0.39, 0.29) is 0 Å². The van der Waals surface area contributed by atoms with Gasteiger partial charge in [-0.3, -0.25) is 0 Å². The molecule has 2 nitrogen and oxygen atoms in total. The Labute approximate surface area is 70.5 Å². The van der Waals surface area contributed by atoms with Gasteiger partial charge in [0.15, 0.2) is 0 Å². The van der Waals surface area contributed by atoms with Gasteiger partial charge in [0.1, 0.15) is 0 Å². The van der Waals surface area contributed by atoms with Crippen LogP contribution in [0.25, 0.3) is 0 Å². The molecule has 0 amide bonds. The lowest BCUT2D eigenvalue weighted by atomic mass is 10.2. The molecule has 1 fully saturated rings. The van der Waals surface area contributed by atoms with Crippen molar-refractivity contribution >= 4 is 22.9 Å². The monoisotopic (exact) mass is 240 g/mol. The van der Waals surface area contributed by atoms with E-state index in [4.69, 9.17) is 0 Å². The number of nitrogens with zero attached hydrogens (tertiary/aromatic N) is 1. The molecule has 0 aromatic heterocycles. The summed E-state index contributed by atoms with van der Waals surface area (Å²) in [6.45, 7) is 5.79. The minimum absolute atomic E-state index is 0.751. The zero-order valence-electron chi connectivity index (χ0n) is 5.73. The van der Waals surface area contributed by atoms with Gasteiger partial charge < -0.3 is 5.32 Å². The molecular weight excluding hydrogens is 227 g/mol. The molecule has 0 bridgehead atoms. The molecule has 0 saturated carbocycles. The van der Waals surface area contributed by atoms with Crippen molar-refractivity contribution in [3.8, 4) is 0 Å². The second-order valence-electron chi connectivity index (χ2n) is 2.51. The molecule has 1 aliphatic rings. The van der Waals surface area contributed by atoms with Gasteiger partial charge in [-0.15, -0.1) is 0 Å². The lowest BCUT2D eigenvalue weighted by Gasteiger charge is -2.17. The smallest absolute Gasteiger partial charge is 0.0209 e. The Bertz CT molecular complexity index is 77.1. The molecule has 0 aromatic carbocycles. The molecule has 1 atom stereocenters. The van der Waals surface area contributed by atoms with Crippen molar-refractivity contribution in [1.82, 2.24) is 8.43 Å². The Morgan fingerprint density at radius 3 is 3.11 bits per heavy atom. The Morgan fingerprint density at radius 2 is 2.33 bits per heavy atom. The lowest BCUT2D eigenvalue weighted by Crippen LogP contribution is -2.24. The quantitative estimate of drug-likeness (QED) is 0.502. The highest BCUT2D eigenvalue weighted by Gasteiger charge is 2.12. The highest BCUT2D eigenvalue weighted by molar-refractivity contribution is 14.1. The van der Waals surface area contributed by atoms with Crippen LogP contribution < -0.4 is 5.32 Å². The Balaban J connectivity index is 2.32. The van der Waals surface area contributed by atoms with Crippen LogP contribution in [-0.4, -0.2) is 28.8 Å². The van der Waals surface area contributed by atoms with E-state index in [0.717, 1.165) is 12.6 Å². The van der Waals surface area contributed by atoms with Crippen LogP contribution in [0.4, 0.5) is 0 Å². The third kappa shape index (κ3) is 2.39. The van der Waals surface area contributed by atoms with Crippen molar-refractivity contribution < 1.29 is 0 Å². The van der Waals surface area contributed by atoms with Gasteiger partial charge in [0.05, 0.1) is 0 Å². The maximum absolute atomic E-state index is 3.36. The molecule has 9 heavy (non-hydrogen) atoms. The summed E-state index contributed by atoms with van der Waals surface area (Å²) < 4.78 is 2.37. The van der Waals surface area contributed by atoms with Crippen LogP contribution in [0.5, 0.6) is 0 Å². The second-order valence-corrected chi connectivity index (χ2v) is 3.75. The van der Waals surface area contributed by atoms with E-state index in [2.05, 4.69) is 38.2 Å². The van der Waals surface area contributed by atoms with Crippen LogP contribution >= 0.6 is 22.9 Å². The predicted molar refractivity (Wildman–Crippen MR) is 47.7 cm³/mol. The summed E-state index contributed by atoms with van der Waals surface area (Å²) in [6, 6.07) is 0.751. The molecule has 1 rings (SSSR count). The molecule has 1 saturated heterocycles. The first kappa shape index (κ1) is 7.75. The van der Waals surface area contributed by atoms with E-state index in [1.807, 2.05) is 0 Å². The molecule has 1 N–H and O–H groups in total. The van der Waals surface area contributed by atoms with Gasteiger partial charge in [-0.05, 0) is 19.9 Å². The van der Waals surface area contributed by atoms with E-state index >= 15 is 0 Å². The van der Waals surface area contributed by atoms with Gasteiger partial charge in [-0.1, -0.05) is 0 Å². The average molecular weight is 240 g/mol. The SMILES string of the molecule is C[C@@H]1CCNCCN1I. The first-order chi connectivity index (χ1) is 4.30. The molecule has 1 heterocycles. The highest BCUT2D eigenvalue weighted by atomic mass is 127. The maximum atomic E-state index is 3.36. The first-order valence-electron chi connectivity index (χ1n) is 3.44. The Kier molecular flexibility index (Phi) is 3.21. The topological polar surface area (TPSA) is 15.3 Å². The summed E-state index contributed by atoms with van der Waals surface area (Å²) in [5.74, 6) is 0. The minimum atomic E-state index is 0.751. The fourth-order valence-electron chi connectivity index (χ4n) is 0.982. The van der Waals surface area contributed by atoms with Crippen molar-refractivity contribution in [2.75, 3.05) is 19.6 Å². The van der Waals surface area contributed by atoms with Crippen molar-refractivity contribution in [1.29, 1.82) is 0 Å². The third-order valence-electron chi connectivity index (χ3n) is 1.72.